The van der Waals surface area contributed by atoms with E-state index in [1.807, 2.05) is 26.0 Å². The van der Waals surface area contributed by atoms with E-state index in [4.69, 9.17) is 5.84 Å². The summed E-state index contributed by atoms with van der Waals surface area (Å²) in [6.45, 7) is 3.89. The molecule has 0 unspecified atom stereocenters. The predicted molar refractivity (Wildman–Crippen MR) is 53.5 cm³/mol. The molecule has 0 spiro atoms. The molecule has 70 valence electrons. The molecule has 0 aliphatic carbocycles. The van der Waals surface area contributed by atoms with E-state index in [2.05, 4.69) is 15.4 Å². The first-order chi connectivity index (χ1) is 6.19. The molecule has 13 heavy (non-hydrogen) atoms. The van der Waals surface area contributed by atoms with Gasteiger partial charge in [0.1, 0.15) is 5.84 Å². The first kappa shape index (κ1) is 9.67. The molecule has 0 saturated heterocycles. The minimum Gasteiger partial charge on any atom is -0.308 e. The van der Waals surface area contributed by atoms with Crippen LogP contribution < -0.4 is 11.3 Å². The highest BCUT2D eigenvalue weighted by atomic mass is 15.2. The summed E-state index contributed by atoms with van der Waals surface area (Å²) in [6.07, 6.45) is 0. The monoisotopic (exact) mass is 178 g/mol. The summed E-state index contributed by atoms with van der Waals surface area (Å²) >= 11 is 0. The van der Waals surface area contributed by atoms with E-state index in [9.17, 15) is 0 Å². The van der Waals surface area contributed by atoms with Gasteiger partial charge in [0.05, 0.1) is 0 Å². The SMILES string of the molecule is CN=C(NN)c1ccc(C)nc1C. The number of hydrogen-bond donors (Lipinski definition) is 2. The normalized spacial score (nSPS) is 11.5. The molecule has 4 heteroatoms. The fraction of sp³-hybridized carbons (Fsp3) is 0.333. The molecule has 0 aliphatic heterocycles. The fourth-order valence-corrected chi connectivity index (χ4v) is 1.20. The van der Waals surface area contributed by atoms with Crippen LogP contribution in [0.2, 0.25) is 0 Å². The average molecular weight is 178 g/mol. The lowest BCUT2D eigenvalue weighted by Gasteiger charge is -2.07. The van der Waals surface area contributed by atoms with Crippen molar-refractivity contribution in [2.45, 2.75) is 13.8 Å². The maximum Gasteiger partial charge on any atom is 0.144 e. The number of aliphatic imine (C=N–C) groups is 1. The molecule has 1 aromatic rings. The van der Waals surface area contributed by atoms with Crippen molar-refractivity contribution in [2.75, 3.05) is 7.05 Å². The molecule has 1 aromatic heterocycles. The zero-order valence-electron chi connectivity index (χ0n) is 8.13. The molecule has 0 amide bonds. The van der Waals surface area contributed by atoms with Gasteiger partial charge in [-0.25, -0.2) is 5.84 Å². The van der Waals surface area contributed by atoms with Gasteiger partial charge in [0.2, 0.25) is 0 Å². The largest absolute Gasteiger partial charge is 0.308 e. The molecular weight excluding hydrogens is 164 g/mol. The lowest BCUT2D eigenvalue weighted by atomic mass is 10.1. The van der Waals surface area contributed by atoms with Gasteiger partial charge in [-0.2, -0.15) is 0 Å². The highest BCUT2D eigenvalue weighted by molar-refractivity contribution is 5.99. The number of amidine groups is 1. The van der Waals surface area contributed by atoms with Crippen LogP contribution in [0, 0.1) is 13.8 Å². The summed E-state index contributed by atoms with van der Waals surface area (Å²) in [6, 6.07) is 3.89. The summed E-state index contributed by atoms with van der Waals surface area (Å²) in [5.41, 5.74) is 5.40. The number of nitrogens with zero attached hydrogens (tertiary/aromatic N) is 2. The average Bonchev–Trinajstić information content (AvgIpc) is 2.10. The number of hydrogen-bond acceptors (Lipinski definition) is 3. The van der Waals surface area contributed by atoms with E-state index in [-0.39, 0.29) is 0 Å². The van der Waals surface area contributed by atoms with Crippen LogP contribution in [-0.4, -0.2) is 17.9 Å². The van der Waals surface area contributed by atoms with Crippen molar-refractivity contribution in [2.24, 2.45) is 10.8 Å². The van der Waals surface area contributed by atoms with Crippen LogP contribution in [-0.2, 0) is 0 Å². The van der Waals surface area contributed by atoms with Crippen molar-refractivity contribution in [3.05, 3.63) is 29.1 Å². The quantitative estimate of drug-likeness (QED) is 0.285. The summed E-state index contributed by atoms with van der Waals surface area (Å²) in [5.74, 6) is 5.97. The third-order valence-corrected chi connectivity index (χ3v) is 1.84. The van der Waals surface area contributed by atoms with Gasteiger partial charge in [0, 0.05) is 24.0 Å². The molecule has 0 saturated carbocycles. The topological polar surface area (TPSA) is 63.3 Å². The van der Waals surface area contributed by atoms with Crippen LogP contribution in [0.1, 0.15) is 17.0 Å². The first-order valence-electron chi connectivity index (χ1n) is 4.07. The Labute approximate surface area is 77.9 Å². The van der Waals surface area contributed by atoms with Crippen LogP contribution >= 0.6 is 0 Å². The second-order valence-corrected chi connectivity index (χ2v) is 2.80. The molecule has 4 nitrogen and oxygen atoms in total. The Bertz CT molecular complexity index is 330. The van der Waals surface area contributed by atoms with E-state index >= 15 is 0 Å². The third kappa shape index (κ3) is 2.03. The van der Waals surface area contributed by atoms with Crippen LogP contribution in [0.25, 0.3) is 0 Å². The molecule has 0 atom stereocenters. The van der Waals surface area contributed by atoms with Gasteiger partial charge >= 0.3 is 0 Å². The first-order valence-corrected chi connectivity index (χ1v) is 4.07. The third-order valence-electron chi connectivity index (χ3n) is 1.84. The molecule has 1 rings (SSSR count). The van der Waals surface area contributed by atoms with Crippen molar-refractivity contribution in [3.8, 4) is 0 Å². The second-order valence-electron chi connectivity index (χ2n) is 2.80. The van der Waals surface area contributed by atoms with Crippen LogP contribution in [0.4, 0.5) is 0 Å². The molecule has 1 heterocycles. The van der Waals surface area contributed by atoms with Gasteiger partial charge < -0.3 is 5.43 Å². The van der Waals surface area contributed by atoms with Gasteiger partial charge in [-0.05, 0) is 26.0 Å². The van der Waals surface area contributed by atoms with E-state index in [0.29, 0.717) is 5.84 Å². The van der Waals surface area contributed by atoms with E-state index in [0.717, 1.165) is 17.0 Å². The standard InChI is InChI=1S/C9H14N4/c1-6-4-5-8(7(2)12-6)9(11-3)13-10/h4-5H,10H2,1-3H3,(H,11,13). The molecule has 3 N–H and O–H groups in total. The number of nitrogens with two attached hydrogens (primary N) is 1. The van der Waals surface area contributed by atoms with Gasteiger partial charge in [0.25, 0.3) is 0 Å². The van der Waals surface area contributed by atoms with Crippen molar-refractivity contribution < 1.29 is 0 Å². The molecule has 0 radical (unpaired) electrons. The Hall–Kier alpha value is -1.42. The van der Waals surface area contributed by atoms with Gasteiger partial charge in [-0.3, -0.25) is 9.98 Å². The highest BCUT2D eigenvalue weighted by Gasteiger charge is 2.04. The Kier molecular flexibility index (Phi) is 2.97. The summed E-state index contributed by atoms with van der Waals surface area (Å²) < 4.78 is 0. The number of nitrogens with one attached hydrogen (secondary N) is 1. The smallest absolute Gasteiger partial charge is 0.144 e. The second kappa shape index (κ2) is 4.00. The molecule has 0 aliphatic rings. The number of aryl methyl sites for hydroxylation is 2. The fourth-order valence-electron chi connectivity index (χ4n) is 1.20. The summed E-state index contributed by atoms with van der Waals surface area (Å²) in [5, 5.41) is 0. The summed E-state index contributed by atoms with van der Waals surface area (Å²) in [7, 11) is 1.69. The lowest BCUT2D eigenvalue weighted by molar-refractivity contribution is 1.00. The molecule has 0 fully saturated rings. The Morgan fingerprint density at radius 2 is 2.15 bits per heavy atom. The van der Waals surface area contributed by atoms with Crippen molar-refractivity contribution in [1.29, 1.82) is 0 Å². The zero-order valence-corrected chi connectivity index (χ0v) is 8.13. The van der Waals surface area contributed by atoms with Gasteiger partial charge in [0.15, 0.2) is 0 Å². The maximum absolute atomic E-state index is 5.31. The van der Waals surface area contributed by atoms with E-state index in [1.165, 1.54) is 0 Å². The van der Waals surface area contributed by atoms with Gasteiger partial charge in [-0.1, -0.05) is 0 Å². The van der Waals surface area contributed by atoms with Crippen LogP contribution in [0.5, 0.6) is 0 Å². The number of rotatable bonds is 1. The van der Waals surface area contributed by atoms with Crippen molar-refractivity contribution >= 4 is 5.84 Å². The zero-order chi connectivity index (χ0) is 9.84. The molecular formula is C9H14N4. The van der Waals surface area contributed by atoms with Gasteiger partial charge in [-0.15, -0.1) is 0 Å². The molecule has 0 bridgehead atoms. The minimum absolute atomic E-state index is 0.657. The van der Waals surface area contributed by atoms with E-state index < -0.39 is 0 Å². The Morgan fingerprint density at radius 3 is 2.62 bits per heavy atom. The van der Waals surface area contributed by atoms with Crippen LogP contribution in [0.3, 0.4) is 0 Å². The Morgan fingerprint density at radius 1 is 1.46 bits per heavy atom. The number of hydrazine groups is 1. The number of pyridine rings is 1. The predicted octanol–water partition coefficient (Wildman–Crippen LogP) is 0.538. The van der Waals surface area contributed by atoms with Crippen molar-refractivity contribution in [3.63, 3.8) is 0 Å². The van der Waals surface area contributed by atoms with E-state index in [1.54, 1.807) is 7.05 Å². The lowest BCUT2D eigenvalue weighted by Crippen LogP contribution is -2.31. The highest BCUT2D eigenvalue weighted by Crippen LogP contribution is 2.06. The van der Waals surface area contributed by atoms with Crippen LogP contribution in [0.15, 0.2) is 17.1 Å². The summed E-state index contributed by atoms with van der Waals surface area (Å²) in [4.78, 5) is 8.32. The maximum atomic E-state index is 5.31. The number of aromatic nitrogens is 1. The minimum atomic E-state index is 0.657. The molecule has 0 aromatic carbocycles. The van der Waals surface area contributed by atoms with Crippen molar-refractivity contribution in [1.82, 2.24) is 10.4 Å². The Balaban J connectivity index is 3.15.